The van der Waals surface area contributed by atoms with Crippen LogP contribution in [0.15, 0.2) is 41.0 Å². The number of aromatic nitrogens is 1. The van der Waals surface area contributed by atoms with E-state index in [1.54, 1.807) is 11.1 Å². The van der Waals surface area contributed by atoms with Crippen LogP contribution >= 0.6 is 15.9 Å². The van der Waals surface area contributed by atoms with Crippen LogP contribution in [0.2, 0.25) is 0 Å². The van der Waals surface area contributed by atoms with Crippen LogP contribution < -0.4 is 0 Å². The molecule has 1 aliphatic heterocycles. The molecule has 3 nitrogen and oxygen atoms in total. The van der Waals surface area contributed by atoms with Crippen molar-refractivity contribution in [1.29, 1.82) is 0 Å². The molecular formula is C15H12BrFN2O. The van der Waals surface area contributed by atoms with Gasteiger partial charge in [-0.25, -0.2) is 4.39 Å². The van der Waals surface area contributed by atoms with Gasteiger partial charge in [0.15, 0.2) is 0 Å². The minimum Gasteiger partial charge on any atom is -0.334 e. The minimum absolute atomic E-state index is 0.0831. The van der Waals surface area contributed by atoms with E-state index in [1.807, 2.05) is 12.1 Å². The third-order valence-electron chi connectivity index (χ3n) is 3.42. The Bertz CT molecular complexity index is 675. The minimum atomic E-state index is -0.366. The summed E-state index contributed by atoms with van der Waals surface area (Å²) in [6.45, 7) is 1.19. The second kappa shape index (κ2) is 5.32. The van der Waals surface area contributed by atoms with Gasteiger partial charge in [-0.3, -0.25) is 9.78 Å². The molecule has 20 heavy (non-hydrogen) atoms. The Morgan fingerprint density at radius 1 is 1.35 bits per heavy atom. The van der Waals surface area contributed by atoms with Crippen molar-refractivity contribution in [3.05, 3.63) is 63.6 Å². The van der Waals surface area contributed by atoms with Gasteiger partial charge >= 0.3 is 0 Å². The SMILES string of the molecule is O=C(c1ccc(F)c(Br)c1)N1CCc2ncccc2C1. The van der Waals surface area contributed by atoms with Gasteiger partial charge in [-0.1, -0.05) is 6.07 Å². The maximum Gasteiger partial charge on any atom is 0.254 e. The Morgan fingerprint density at radius 3 is 3.00 bits per heavy atom. The molecule has 0 N–H and O–H groups in total. The molecule has 0 spiro atoms. The molecule has 1 aromatic heterocycles. The van der Waals surface area contributed by atoms with Gasteiger partial charge in [0.2, 0.25) is 0 Å². The van der Waals surface area contributed by atoms with E-state index < -0.39 is 0 Å². The molecule has 1 aromatic carbocycles. The van der Waals surface area contributed by atoms with Crippen LogP contribution in [0.3, 0.4) is 0 Å². The number of rotatable bonds is 1. The number of amides is 1. The number of carbonyl (C=O) groups excluding carboxylic acids is 1. The average Bonchev–Trinajstić information content (AvgIpc) is 2.49. The second-order valence-electron chi connectivity index (χ2n) is 4.71. The fraction of sp³-hybridized carbons (Fsp3) is 0.200. The fourth-order valence-corrected chi connectivity index (χ4v) is 2.73. The number of pyridine rings is 1. The topological polar surface area (TPSA) is 33.2 Å². The van der Waals surface area contributed by atoms with E-state index in [4.69, 9.17) is 0 Å². The van der Waals surface area contributed by atoms with Gasteiger partial charge in [0.1, 0.15) is 5.82 Å². The Morgan fingerprint density at radius 2 is 2.20 bits per heavy atom. The Balaban J connectivity index is 1.84. The summed E-state index contributed by atoms with van der Waals surface area (Å²) in [5, 5.41) is 0. The van der Waals surface area contributed by atoms with Crippen LogP contribution in [-0.2, 0) is 13.0 Å². The smallest absolute Gasteiger partial charge is 0.254 e. The highest BCUT2D eigenvalue weighted by molar-refractivity contribution is 9.10. The van der Waals surface area contributed by atoms with Gasteiger partial charge in [0, 0.05) is 37.0 Å². The van der Waals surface area contributed by atoms with E-state index >= 15 is 0 Å². The van der Waals surface area contributed by atoms with Crippen LogP contribution in [0.4, 0.5) is 4.39 Å². The molecule has 0 saturated heterocycles. The summed E-state index contributed by atoms with van der Waals surface area (Å²) in [6, 6.07) is 8.21. The van der Waals surface area contributed by atoms with Crippen molar-refractivity contribution < 1.29 is 9.18 Å². The van der Waals surface area contributed by atoms with Crippen LogP contribution in [0, 0.1) is 5.82 Å². The molecule has 2 heterocycles. The number of hydrogen-bond acceptors (Lipinski definition) is 2. The highest BCUT2D eigenvalue weighted by atomic mass is 79.9. The molecule has 1 amide bonds. The summed E-state index contributed by atoms with van der Waals surface area (Å²) in [7, 11) is 0. The normalized spacial score (nSPS) is 14.0. The summed E-state index contributed by atoms with van der Waals surface area (Å²) >= 11 is 3.11. The highest BCUT2D eigenvalue weighted by Gasteiger charge is 2.22. The van der Waals surface area contributed by atoms with Crippen LogP contribution in [0.25, 0.3) is 0 Å². The molecule has 0 radical (unpaired) electrons. The van der Waals surface area contributed by atoms with E-state index in [0.29, 0.717) is 23.1 Å². The first kappa shape index (κ1) is 13.2. The molecule has 3 rings (SSSR count). The van der Waals surface area contributed by atoms with Gasteiger partial charge in [0.25, 0.3) is 5.91 Å². The number of carbonyl (C=O) groups is 1. The van der Waals surface area contributed by atoms with Crippen molar-refractivity contribution in [3.8, 4) is 0 Å². The standard InChI is InChI=1S/C15H12BrFN2O/c16-12-8-10(3-4-13(12)17)15(20)19-7-5-14-11(9-19)2-1-6-18-14/h1-4,6,8H,5,7,9H2. The molecule has 0 atom stereocenters. The first-order valence-electron chi connectivity index (χ1n) is 6.32. The van der Waals surface area contributed by atoms with Gasteiger partial charge < -0.3 is 4.90 Å². The number of benzene rings is 1. The number of nitrogens with zero attached hydrogens (tertiary/aromatic N) is 2. The number of fused-ring (bicyclic) bond motifs is 1. The van der Waals surface area contributed by atoms with E-state index in [0.717, 1.165) is 17.7 Å². The number of halogens is 2. The lowest BCUT2D eigenvalue weighted by molar-refractivity contribution is 0.0733. The zero-order chi connectivity index (χ0) is 14.1. The Labute approximate surface area is 124 Å². The lowest BCUT2D eigenvalue weighted by Crippen LogP contribution is -2.36. The van der Waals surface area contributed by atoms with Gasteiger partial charge in [-0.2, -0.15) is 0 Å². The monoisotopic (exact) mass is 334 g/mol. The van der Waals surface area contributed by atoms with Crippen molar-refractivity contribution in [2.75, 3.05) is 6.54 Å². The lowest BCUT2D eigenvalue weighted by atomic mass is 10.0. The summed E-state index contributed by atoms with van der Waals surface area (Å²) in [4.78, 5) is 18.5. The first-order valence-corrected chi connectivity index (χ1v) is 7.11. The second-order valence-corrected chi connectivity index (χ2v) is 5.57. The molecule has 0 aliphatic carbocycles. The van der Waals surface area contributed by atoms with E-state index in [1.165, 1.54) is 18.2 Å². The van der Waals surface area contributed by atoms with Crippen molar-refractivity contribution in [2.45, 2.75) is 13.0 Å². The van der Waals surface area contributed by atoms with Gasteiger partial charge in [-0.05, 0) is 45.8 Å². The van der Waals surface area contributed by atoms with Gasteiger partial charge in [0.05, 0.1) is 4.47 Å². The number of hydrogen-bond donors (Lipinski definition) is 0. The predicted molar refractivity (Wildman–Crippen MR) is 76.8 cm³/mol. The molecule has 2 aromatic rings. The molecule has 0 fully saturated rings. The van der Waals surface area contributed by atoms with Gasteiger partial charge in [-0.15, -0.1) is 0 Å². The van der Waals surface area contributed by atoms with Crippen molar-refractivity contribution in [2.24, 2.45) is 0 Å². The summed E-state index contributed by atoms with van der Waals surface area (Å²) in [5.74, 6) is -0.449. The van der Waals surface area contributed by atoms with E-state index in [2.05, 4.69) is 20.9 Å². The Hall–Kier alpha value is -1.75. The van der Waals surface area contributed by atoms with Crippen LogP contribution in [0.1, 0.15) is 21.6 Å². The highest BCUT2D eigenvalue weighted by Crippen LogP contribution is 2.21. The quantitative estimate of drug-likeness (QED) is 0.802. The van der Waals surface area contributed by atoms with E-state index in [9.17, 15) is 9.18 Å². The molecule has 102 valence electrons. The van der Waals surface area contributed by atoms with E-state index in [-0.39, 0.29) is 11.7 Å². The van der Waals surface area contributed by atoms with Crippen LogP contribution in [-0.4, -0.2) is 22.3 Å². The fourth-order valence-electron chi connectivity index (χ4n) is 2.35. The van der Waals surface area contributed by atoms with Crippen molar-refractivity contribution >= 4 is 21.8 Å². The maximum absolute atomic E-state index is 13.2. The third kappa shape index (κ3) is 2.45. The summed E-state index contributed by atoms with van der Waals surface area (Å²) in [6.07, 6.45) is 2.53. The molecule has 0 unspecified atom stereocenters. The Kier molecular flexibility index (Phi) is 3.53. The van der Waals surface area contributed by atoms with Crippen molar-refractivity contribution in [1.82, 2.24) is 9.88 Å². The zero-order valence-corrected chi connectivity index (χ0v) is 12.2. The first-order chi connectivity index (χ1) is 9.65. The summed E-state index contributed by atoms with van der Waals surface area (Å²) < 4.78 is 13.5. The maximum atomic E-state index is 13.2. The molecular weight excluding hydrogens is 323 g/mol. The molecule has 5 heteroatoms. The lowest BCUT2D eigenvalue weighted by Gasteiger charge is -2.28. The zero-order valence-electron chi connectivity index (χ0n) is 10.6. The largest absolute Gasteiger partial charge is 0.334 e. The van der Waals surface area contributed by atoms with Crippen molar-refractivity contribution in [3.63, 3.8) is 0 Å². The molecule has 0 bridgehead atoms. The van der Waals surface area contributed by atoms with Crippen LogP contribution in [0.5, 0.6) is 0 Å². The summed E-state index contributed by atoms with van der Waals surface area (Å²) in [5.41, 5.74) is 2.62. The predicted octanol–water partition coefficient (Wildman–Crippen LogP) is 3.18. The molecule has 1 aliphatic rings. The third-order valence-corrected chi connectivity index (χ3v) is 4.03. The molecule has 0 saturated carbocycles. The average molecular weight is 335 g/mol.